The van der Waals surface area contributed by atoms with Crippen LogP contribution < -0.4 is 4.90 Å². The third-order valence-corrected chi connectivity index (χ3v) is 6.09. The van der Waals surface area contributed by atoms with Crippen LogP contribution >= 0.6 is 0 Å². The van der Waals surface area contributed by atoms with Gasteiger partial charge in [-0.1, -0.05) is 42.0 Å². The van der Waals surface area contributed by atoms with Crippen molar-refractivity contribution < 1.29 is 9.50 Å². The predicted molar refractivity (Wildman–Crippen MR) is 121 cm³/mol. The summed E-state index contributed by atoms with van der Waals surface area (Å²) in [7, 11) is 0. The minimum Gasteiger partial charge on any atom is -0.394 e. The van der Waals surface area contributed by atoms with Crippen molar-refractivity contribution in [3.8, 4) is 22.4 Å². The van der Waals surface area contributed by atoms with E-state index in [-0.39, 0.29) is 18.5 Å². The number of aliphatic hydroxyl groups excluding tert-OH is 1. The highest BCUT2D eigenvalue weighted by Crippen LogP contribution is 2.34. The van der Waals surface area contributed by atoms with E-state index >= 15 is 0 Å². The summed E-state index contributed by atoms with van der Waals surface area (Å²) in [5.41, 5.74) is 6.34. The van der Waals surface area contributed by atoms with Crippen molar-refractivity contribution in [1.82, 2.24) is 14.6 Å². The lowest BCUT2D eigenvalue weighted by Gasteiger charge is -2.25. The van der Waals surface area contributed by atoms with Crippen molar-refractivity contribution >= 4 is 11.5 Å². The molecule has 31 heavy (non-hydrogen) atoms. The van der Waals surface area contributed by atoms with Crippen LogP contribution in [-0.4, -0.2) is 38.9 Å². The fourth-order valence-corrected chi connectivity index (χ4v) is 4.50. The van der Waals surface area contributed by atoms with Crippen LogP contribution in [0.1, 0.15) is 24.1 Å². The average Bonchev–Trinajstić information content (AvgIpc) is 3.37. The smallest absolute Gasteiger partial charge is 0.166 e. The highest BCUT2D eigenvalue weighted by atomic mass is 19.1. The minimum atomic E-state index is -0.291. The van der Waals surface area contributed by atoms with Crippen LogP contribution in [0.2, 0.25) is 0 Å². The van der Waals surface area contributed by atoms with Crippen molar-refractivity contribution in [3.63, 3.8) is 0 Å². The zero-order valence-corrected chi connectivity index (χ0v) is 17.7. The van der Waals surface area contributed by atoms with E-state index in [1.165, 1.54) is 17.7 Å². The maximum absolute atomic E-state index is 14.1. The Morgan fingerprint density at radius 2 is 1.87 bits per heavy atom. The highest BCUT2D eigenvalue weighted by molar-refractivity contribution is 5.83. The molecule has 1 fully saturated rings. The molecule has 0 aliphatic carbocycles. The zero-order valence-electron chi connectivity index (χ0n) is 17.7. The second-order valence-corrected chi connectivity index (χ2v) is 8.24. The number of anilines is 1. The molecule has 1 aliphatic rings. The first kappa shape index (κ1) is 19.7. The van der Waals surface area contributed by atoms with Crippen LogP contribution in [0.4, 0.5) is 10.2 Å². The van der Waals surface area contributed by atoms with Crippen LogP contribution in [0.25, 0.3) is 28.0 Å². The molecule has 0 amide bonds. The Morgan fingerprint density at radius 1 is 1.06 bits per heavy atom. The summed E-state index contributed by atoms with van der Waals surface area (Å²) < 4.78 is 15.9. The number of aryl methyl sites for hydroxylation is 2. The van der Waals surface area contributed by atoms with Gasteiger partial charge in [0.25, 0.3) is 0 Å². The molecule has 6 heteroatoms. The summed E-state index contributed by atoms with van der Waals surface area (Å²) in [6.45, 7) is 4.97. The quantitative estimate of drug-likeness (QED) is 0.520. The van der Waals surface area contributed by atoms with Gasteiger partial charge in [0.05, 0.1) is 24.0 Å². The molecular weight excluding hydrogens is 391 g/mol. The van der Waals surface area contributed by atoms with E-state index in [0.29, 0.717) is 0 Å². The number of benzene rings is 2. The lowest BCUT2D eigenvalue weighted by atomic mass is 10.0. The van der Waals surface area contributed by atoms with Crippen LogP contribution in [-0.2, 0) is 0 Å². The standard InChI is InChI=1S/C25H25FN4O/c1-16-8-10-18(11-9-16)24-17(2)28-30-22(19-5-3-6-20(26)13-19)14-23(27-25(24)30)29-12-4-7-21(29)15-31/h3,5-6,8-11,13-14,21,31H,4,7,12,15H2,1-2H3. The summed E-state index contributed by atoms with van der Waals surface area (Å²) in [5, 5.41) is 14.6. The van der Waals surface area contributed by atoms with Crippen LogP contribution in [0.15, 0.2) is 54.6 Å². The van der Waals surface area contributed by atoms with E-state index in [2.05, 4.69) is 36.1 Å². The molecule has 1 unspecified atom stereocenters. The molecule has 2 aromatic carbocycles. The molecule has 158 valence electrons. The van der Waals surface area contributed by atoms with Crippen LogP contribution in [0, 0.1) is 19.7 Å². The molecule has 0 saturated carbocycles. The molecule has 0 radical (unpaired) electrons. The van der Waals surface area contributed by atoms with Crippen molar-refractivity contribution in [2.24, 2.45) is 0 Å². The summed E-state index contributed by atoms with van der Waals surface area (Å²) in [6.07, 6.45) is 1.94. The van der Waals surface area contributed by atoms with Gasteiger partial charge < -0.3 is 10.0 Å². The zero-order chi connectivity index (χ0) is 21.5. The van der Waals surface area contributed by atoms with Crippen molar-refractivity contribution in [2.75, 3.05) is 18.1 Å². The highest BCUT2D eigenvalue weighted by Gasteiger charge is 2.27. The second-order valence-electron chi connectivity index (χ2n) is 8.24. The molecule has 1 atom stereocenters. The predicted octanol–water partition coefficient (Wildman–Crippen LogP) is 4.78. The van der Waals surface area contributed by atoms with E-state index in [0.717, 1.165) is 58.9 Å². The number of nitrogens with zero attached hydrogens (tertiary/aromatic N) is 4. The number of halogens is 1. The van der Waals surface area contributed by atoms with Crippen molar-refractivity contribution in [2.45, 2.75) is 32.7 Å². The van der Waals surface area contributed by atoms with E-state index in [1.54, 1.807) is 6.07 Å². The summed E-state index contributed by atoms with van der Waals surface area (Å²) in [4.78, 5) is 7.16. The first-order chi connectivity index (χ1) is 15.0. The fraction of sp³-hybridized carbons (Fsp3) is 0.280. The van der Waals surface area contributed by atoms with E-state index in [4.69, 9.17) is 10.1 Å². The van der Waals surface area contributed by atoms with Gasteiger partial charge in [0.1, 0.15) is 11.6 Å². The molecule has 1 saturated heterocycles. The lowest BCUT2D eigenvalue weighted by Crippen LogP contribution is -2.32. The van der Waals surface area contributed by atoms with Gasteiger partial charge in [-0.2, -0.15) is 5.10 Å². The second kappa shape index (κ2) is 7.78. The lowest BCUT2D eigenvalue weighted by molar-refractivity contribution is 0.266. The molecule has 5 nitrogen and oxygen atoms in total. The Labute approximate surface area is 180 Å². The summed E-state index contributed by atoms with van der Waals surface area (Å²) in [6, 6.07) is 16.9. The number of aliphatic hydroxyl groups is 1. The summed E-state index contributed by atoms with van der Waals surface area (Å²) >= 11 is 0. The minimum absolute atomic E-state index is 0.0437. The van der Waals surface area contributed by atoms with Gasteiger partial charge >= 0.3 is 0 Å². The van der Waals surface area contributed by atoms with Gasteiger partial charge in [0.15, 0.2) is 5.65 Å². The average molecular weight is 417 g/mol. The van der Waals surface area contributed by atoms with E-state index < -0.39 is 0 Å². The van der Waals surface area contributed by atoms with Crippen LogP contribution in [0.5, 0.6) is 0 Å². The third-order valence-electron chi connectivity index (χ3n) is 6.09. The maximum Gasteiger partial charge on any atom is 0.166 e. The number of hydrogen-bond donors (Lipinski definition) is 1. The largest absolute Gasteiger partial charge is 0.394 e. The molecule has 1 aliphatic heterocycles. The van der Waals surface area contributed by atoms with E-state index in [1.807, 2.05) is 23.6 Å². The first-order valence-corrected chi connectivity index (χ1v) is 10.7. The number of fused-ring (bicyclic) bond motifs is 1. The van der Waals surface area contributed by atoms with Gasteiger partial charge in [-0.25, -0.2) is 13.9 Å². The van der Waals surface area contributed by atoms with Gasteiger partial charge in [-0.15, -0.1) is 0 Å². The molecule has 5 rings (SSSR count). The Balaban J connectivity index is 1.79. The Morgan fingerprint density at radius 3 is 2.61 bits per heavy atom. The van der Waals surface area contributed by atoms with Crippen molar-refractivity contribution in [3.05, 3.63) is 71.7 Å². The first-order valence-electron chi connectivity index (χ1n) is 10.7. The van der Waals surface area contributed by atoms with Crippen molar-refractivity contribution in [1.29, 1.82) is 0 Å². The van der Waals surface area contributed by atoms with Gasteiger partial charge in [-0.3, -0.25) is 0 Å². The monoisotopic (exact) mass is 416 g/mol. The Hall–Kier alpha value is -3.25. The molecule has 3 heterocycles. The SMILES string of the molecule is Cc1ccc(-c2c(C)nn3c(-c4cccc(F)c4)cc(N4CCCC4CO)nc23)cc1. The van der Waals surface area contributed by atoms with Gasteiger partial charge in [-0.05, 0) is 44.4 Å². The Kier molecular flexibility index (Phi) is 4.94. The van der Waals surface area contributed by atoms with Crippen LogP contribution in [0.3, 0.4) is 0 Å². The molecule has 4 aromatic rings. The van der Waals surface area contributed by atoms with E-state index in [9.17, 15) is 9.50 Å². The van der Waals surface area contributed by atoms with Gasteiger partial charge in [0.2, 0.25) is 0 Å². The molecular formula is C25H25FN4O. The number of hydrogen-bond acceptors (Lipinski definition) is 4. The molecule has 2 aromatic heterocycles. The normalized spacial score (nSPS) is 16.4. The molecule has 0 bridgehead atoms. The third kappa shape index (κ3) is 3.47. The fourth-order valence-electron chi connectivity index (χ4n) is 4.50. The van der Waals surface area contributed by atoms with Gasteiger partial charge in [0, 0.05) is 23.7 Å². The molecule has 1 N–H and O–H groups in total. The number of rotatable bonds is 4. The Bertz CT molecular complexity index is 1250. The maximum atomic E-state index is 14.1. The number of aromatic nitrogens is 3. The summed E-state index contributed by atoms with van der Waals surface area (Å²) in [5.74, 6) is 0.498. The molecule has 0 spiro atoms. The topological polar surface area (TPSA) is 53.7 Å².